The van der Waals surface area contributed by atoms with Crippen molar-refractivity contribution < 1.29 is 9.53 Å². The van der Waals surface area contributed by atoms with Gasteiger partial charge in [-0.1, -0.05) is 13.8 Å². The fraction of sp³-hybridized carbons (Fsp3) is 0.667. The van der Waals surface area contributed by atoms with E-state index in [9.17, 15) is 4.79 Å². The van der Waals surface area contributed by atoms with Crippen LogP contribution in [0.15, 0.2) is 12.1 Å². The van der Waals surface area contributed by atoms with Crippen molar-refractivity contribution in [2.45, 2.75) is 44.4 Å². The highest BCUT2D eigenvalue weighted by molar-refractivity contribution is 8.00. The fourth-order valence-electron chi connectivity index (χ4n) is 2.10. The molecule has 0 radical (unpaired) electrons. The third kappa shape index (κ3) is 5.11. The molecule has 0 bridgehead atoms. The minimum Gasteiger partial charge on any atom is -0.469 e. The number of rotatable bonds is 9. The van der Waals surface area contributed by atoms with E-state index in [-0.39, 0.29) is 5.97 Å². The average molecular weight is 316 g/mol. The number of hydrogen-bond donors (Lipinski definition) is 1. The lowest BCUT2D eigenvalue weighted by atomic mass is 10.0. The lowest BCUT2D eigenvalue weighted by molar-refractivity contribution is -0.139. The summed E-state index contributed by atoms with van der Waals surface area (Å²) in [5, 5.41) is 3.55. The number of hydrogen-bond acceptors (Lipinski definition) is 5. The zero-order valence-electron chi connectivity index (χ0n) is 12.8. The minimum atomic E-state index is -0.176. The van der Waals surface area contributed by atoms with E-state index in [1.165, 1.54) is 24.8 Å². The van der Waals surface area contributed by atoms with Crippen molar-refractivity contribution in [1.29, 1.82) is 0 Å². The summed E-state index contributed by atoms with van der Waals surface area (Å²) in [4.78, 5) is 13.6. The maximum atomic E-state index is 11.2. The second-order valence-electron chi connectivity index (χ2n) is 4.82. The van der Waals surface area contributed by atoms with Crippen LogP contribution in [-0.4, -0.2) is 30.6 Å². The normalized spacial score (nSPS) is 11.6. The highest BCUT2D eigenvalue weighted by atomic mass is 32.2. The molecule has 0 amide bonds. The molecule has 0 aromatic carbocycles. The largest absolute Gasteiger partial charge is 0.469 e. The highest BCUT2D eigenvalue weighted by Gasteiger charge is 2.24. The molecule has 0 aliphatic carbocycles. The Morgan fingerprint density at radius 1 is 1.35 bits per heavy atom. The molecule has 0 unspecified atom stereocenters. The third-order valence-electron chi connectivity index (χ3n) is 3.73. The molecule has 0 aliphatic heterocycles. The average Bonchev–Trinajstić information content (AvgIpc) is 2.91. The molecule has 0 atom stereocenters. The number of carbonyl (C=O) groups is 1. The first kappa shape index (κ1) is 17.5. The molecule has 114 valence electrons. The van der Waals surface area contributed by atoms with Crippen LogP contribution in [0.25, 0.3) is 0 Å². The summed E-state index contributed by atoms with van der Waals surface area (Å²) in [6.45, 7) is 6.39. The van der Waals surface area contributed by atoms with Gasteiger partial charge in [0.05, 0.1) is 13.5 Å². The van der Waals surface area contributed by atoms with Crippen molar-refractivity contribution >= 4 is 29.1 Å². The van der Waals surface area contributed by atoms with Gasteiger partial charge in [-0.05, 0) is 31.2 Å². The van der Waals surface area contributed by atoms with Crippen molar-refractivity contribution in [3.8, 4) is 0 Å². The molecule has 0 spiro atoms. The van der Waals surface area contributed by atoms with Crippen LogP contribution in [0.2, 0.25) is 0 Å². The smallest absolute Gasteiger partial charge is 0.310 e. The summed E-state index contributed by atoms with van der Waals surface area (Å²) in [6.07, 6.45) is 4.92. The Morgan fingerprint density at radius 3 is 2.55 bits per heavy atom. The second kappa shape index (κ2) is 8.70. The third-order valence-corrected chi connectivity index (χ3v) is 6.40. The summed E-state index contributed by atoms with van der Waals surface area (Å²) in [7, 11) is 1.43. The highest BCUT2D eigenvalue weighted by Crippen LogP contribution is 2.29. The Labute approximate surface area is 130 Å². The van der Waals surface area contributed by atoms with Crippen LogP contribution in [0.5, 0.6) is 0 Å². The van der Waals surface area contributed by atoms with Crippen LogP contribution in [0.1, 0.15) is 36.4 Å². The van der Waals surface area contributed by atoms with E-state index in [0.717, 1.165) is 18.0 Å². The van der Waals surface area contributed by atoms with E-state index in [2.05, 4.69) is 36.2 Å². The van der Waals surface area contributed by atoms with E-state index in [1.807, 2.05) is 17.8 Å². The van der Waals surface area contributed by atoms with E-state index in [1.54, 1.807) is 11.3 Å². The Kier molecular flexibility index (Phi) is 7.62. The zero-order valence-corrected chi connectivity index (χ0v) is 14.5. The summed E-state index contributed by atoms with van der Waals surface area (Å²) in [5.74, 6) is -0.176. The first-order valence-electron chi connectivity index (χ1n) is 6.99. The molecule has 3 nitrogen and oxygen atoms in total. The van der Waals surface area contributed by atoms with Gasteiger partial charge in [-0.25, -0.2) is 0 Å². The summed E-state index contributed by atoms with van der Waals surface area (Å²) < 4.78 is 5.02. The maximum absolute atomic E-state index is 11.2. The molecule has 1 N–H and O–H groups in total. The lowest BCUT2D eigenvalue weighted by Gasteiger charge is -2.29. The molecule has 5 heteroatoms. The van der Waals surface area contributed by atoms with Crippen LogP contribution >= 0.6 is 23.1 Å². The summed E-state index contributed by atoms with van der Waals surface area (Å²) in [6, 6.07) is 4.11. The van der Waals surface area contributed by atoms with Gasteiger partial charge < -0.3 is 10.1 Å². The van der Waals surface area contributed by atoms with Gasteiger partial charge in [0.2, 0.25) is 0 Å². The zero-order chi connectivity index (χ0) is 15.0. The summed E-state index contributed by atoms with van der Waals surface area (Å²) in [5.41, 5.74) is 0. The topological polar surface area (TPSA) is 38.3 Å². The van der Waals surface area contributed by atoms with Gasteiger partial charge in [0, 0.05) is 27.6 Å². The van der Waals surface area contributed by atoms with Crippen molar-refractivity contribution in [3.05, 3.63) is 21.9 Å². The number of carbonyl (C=O) groups excluding carboxylic acids is 1. The first-order valence-corrected chi connectivity index (χ1v) is 9.03. The monoisotopic (exact) mass is 315 g/mol. The molecule has 0 fully saturated rings. The van der Waals surface area contributed by atoms with Crippen LogP contribution in [-0.2, 0) is 22.5 Å². The van der Waals surface area contributed by atoms with Crippen LogP contribution < -0.4 is 5.32 Å². The number of thiophene rings is 1. The molecule has 1 rings (SSSR count). The number of thioether (sulfide) groups is 1. The number of nitrogens with one attached hydrogen (secondary N) is 1. The molecular formula is C15H25NO2S2. The Hall–Kier alpha value is -0.520. The predicted octanol–water partition coefficient (Wildman–Crippen LogP) is 3.48. The van der Waals surface area contributed by atoms with Gasteiger partial charge in [0.1, 0.15) is 0 Å². The molecule has 0 saturated heterocycles. The van der Waals surface area contributed by atoms with E-state index in [0.29, 0.717) is 11.2 Å². The number of ether oxygens (including phenoxy) is 1. The first-order chi connectivity index (χ1) is 9.59. The van der Waals surface area contributed by atoms with Crippen molar-refractivity contribution in [2.75, 3.05) is 19.9 Å². The predicted molar refractivity (Wildman–Crippen MR) is 88.6 cm³/mol. The van der Waals surface area contributed by atoms with Crippen LogP contribution in [0.4, 0.5) is 0 Å². The standard InChI is InChI=1S/C15H25NO2S2/c1-5-15(6-2,19-4)11-16-10-13-8-7-12(20-13)9-14(17)18-3/h7-8,16H,5-6,9-11H2,1-4H3. The SMILES string of the molecule is CCC(CC)(CNCc1ccc(CC(=O)OC)s1)SC. The van der Waals surface area contributed by atoms with Gasteiger partial charge in [0.25, 0.3) is 0 Å². The quantitative estimate of drug-likeness (QED) is 0.708. The molecule has 1 aromatic heterocycles. The van der Waals surface area contributed by atoms with Crippen LogP contribution in [0.3, 0.4) is 0 Å². The molecule has 1 heterocycles. The van der Waals surface area contributed by atoms with E-state index >= 15 is 0 Å². The second-order valence-corrected chi connectivity index (χ2v) is 7.35. The van der Waals surface area contributed by atoms with Gasteiger partial charge in [0.15, 0.2) is 0 Å². The van der Waals surface area contributed by atoms with Gasteiger partial charge in [-0.2, -0.15) is 11.8 Å². The van der Waals surface area contributed by atoms with Gasteiger partial charge in [-0.3, -0.25) is 4.79 Å². The van der Waals surface area contributed by atoms with Crippen molar-refractivity contribution in [1.82, 2.24) is 5.32 Å². The molecule has 0 aliphatic rings. The van der Waals surface area contributed by atoms with Crippen molar-refractivity contribution in [3.63, 3.8) is 0 Å². The molecular weight excluding hydrogens is 290 g/mol. The Balaban J connectivity index is 2.44. The van der Waals surface area contributed by atoms with E-state index in [4.69, 9.17) is 0 Å². The fourth-order valence-corrected chi connectivity index (χ4v) is 3.90. The number of esters is 1. The van der Waals surface area contributed by atoms with Gasteiger partial charge in [-0.15, -0.1) is 11.3 Å². The molecule has 20 heavy (non-hydrogen) atoms. The maximum Gasteiger partial charge on any atom is 0.310 e. The number of methoxy groups -OCH3 is 1. The lowest BCUT2D eigenvalue weighted by Crippen LogP contribution is -2.36. The Morgan fingerprint density at radius 2 is 2.00 bits per heavy atom. The van der Waals surface area contributed by atoms with Crippen molar-refractivity contribution in [2.24, 2.45) is 0 Å². The minimum absolute atomic E-state index is 0.176. The summed E-state index contributed by atoms with van der Waals surface area (Å²) >= 11 is 3.63. The Bertz CT molecular complexity index is 405. The van der Waals surface area contributed by atoms with Gasteiger partial charge >= 0.3 is 5.97 Å². The molecule has 1 aromatic rings. The van der Waals surface area contributed by atoms with E-state index < -0.39 is 0 Å². The molecule has 0 saturated carbocycles. The van der Waals surface area contributed by atoms with Crippen LogP contribution in [0, 0.1) is 0 Å².